The number of nitrogens with zero attached hydrogens (tertiary/aromatic N) is 4. The molecular formula is C17H18F2N4O2. The van der Waals surface area contributed by atoms with Crippen LogP contribution in [0.1, 0.15) is 16.8 Å². The van der Waals surface area contributed by atoms with Gasteiger partial charge in [-0.2, -0.15) is 4.98 Å². The van der Waals surface area contributed by atoms with Gasteiger partial charge in [-0.25, -0.2) is 8.78 Å². The van der Waals surface area contributed by atoms with Crippen molar-refractivity contribution in [2.24, 2.45) is 0 Å². The molecule has 0 N–H and O–H groups in total. The van der Waals surface area contributed by atoms with Gasteiger partial charge < -0.3 is 14.5 Å². The number of carbonyl (C=O) groups is 1. The van der Waals surface area contributed by atoms with Crippen molar-refractivity contribution in [1.82, 2.24) is 14.9 Å². The van der Waals surface area contributed by atoms with Gasteiger partial charge in [0.15, 0.2) is 5.82 Å². The molecule has 1 aliphatic heterocycles. The summed E-state index contributed by atoms with van der Waals surface area (Å²) in [5, 5.41) is 0. The SMILES string of the molecule is CN(C)c1cncc(OC2CCN(C(=O)c3c(F)cccc3F)C2)n1. The summed E-state index contributed by atoms with van der Waals surface area (Å²) in [7, 11) is 3.68. The number of amides is 1. The lowest BCUT2D eigenvalue weighted by atomic mass is 10.1. The third-order valence-electron chi connectivity index (χ3n) is 3.95. The van der Waals surface area contributed by atoms with E-state index in [0.29, 0.717) is 24.7 Å². The Balaban J connectivity index is 1.68. The van der Waals surface area contributed by atoms with Crippen molar-refractivity contribution < 1.29 is 18.3 Å². The molecule has 2 aromatic rings. The zero-order chi connectivity index (χ0) is 18.0. The first-order valence-corrected chi connectivity index (χ1v) is 7.85. The number of hydrogen-bond donors (Lipinski definition) is 0. The van der Waals surface area contributed by atoms with Crippen molar-refractivity contribution in [3.8, 4) is 5.88 Å². The number of anilines is 1. The Morgan fingerprint density at radius 1 is 1.28 bits per heavy atom. The van der Waals surface area contributed by atoms with E-state index in [4.69, 9.17) is 4.74 Å². The first-order chi connectivity index (χ1) is 12.0. The van der Waals surface area contributed by atoms with E-state index in [-0.39, 0.29) is 12.6 Å². The molecule has 1 aromatic heterocycles. The highest BCUT2D eigenvalue weighted by Crippen LogP contribution is 2.21. The number of ether oxygens (including phenoxy) is 1. The molecule has 0 radical (unpaired) electrons. The van der Waals surface area contributed by atoms with E-state index in [2.05, 4.69) is 9.97 Å². The molecule has 0 saturated carbocycles. The van der Waals surface area contributed by atoms with E-state index < -0.39 is 23.1 Å². The molecule has 6 nitrogen and oxygen atoms in total. The highest BCUT2D eigenvalue weighted by Gasteiger charge is 2.31. The van der Waals surface area contributed by atoms with Crippen molar-refractivity contribution in [3.63, 3.8) is 0 Å². The third kappa shape index (κ3) is 3.67. The number of aromatic nitrogens is 2. The lowest BCUT2D eigenvalue weighted by Gasteiger charge is -2.18. The summed E-state index contributed by atoms with van der Waals surface area (Å²) in [6.07, 6.45) is 3.35. The van der Waals surface area contributed by atoms with Crippen molar-refractivity contribution in [1.29, 1.82) is 0 Å². The van der Waals surface area contributed by atoms with Gasteiger partial charge in [0.25, 0.3) is 5.91 Å². The highest BCUT2D eigenvalue weighted by atomic mass is 19.1. The predicted octanol–water partition coefficient (Wildman–Crippen LogP) is 2.11. The predicted molar refractivity (Wildman–Crippen MR) is 87.7 cm³/mol. The van der Waals surface area contributed by atoms with Gasteiger partial charge in [-0.1, -0.05) is 6.07 Å². The second-order valence-corrected chi connectivity index (χ2v) is 5.99. The molecule has 1 amide bonds. The Morgan fingerprint density at radius 2 is 2.00 bits per heavy atom. The van der Waals surface area contributed by atoms with E-state index in [1.807, 2.05) is 14.1 Å². The molecule has 8 heteroatoms. The maximum absolute atomic E-state index is 13.8. The van der Waals surface area contributed by atoms with E-state index in [1.165, 1.54) is 17.2 Å². The zero-order valence-corrected chi connectivity index (χ0v) is 13.9. The van der Waals surface area contributed by atoms with Gasteiger partial charge in [-0.3, -0.25) is 9.78 Å². The third-order valence-corrected chi connectivity index (χ3v) is 3.95. The molecule has 1 saturated heterocycles. The molecule has 0 aliphatic carbocycles. The summed E-state index contributed by atoms with van der Waals surface area (Å²) in [4.78, 5) is 23.9. The van der Waals surface area contributed by atoms with E-state index in [0.717, 1.165) is 12.1 Å². The summed E-state index contributed by atoms with van der Waals surface area (Å²) in [6, 6.07) is 3.37. The Labute approximate surface area is 144 Å². The van der Waals surface area contributed by atoms with Crippen LogP contribution in [0.5, 0.6) is 5.88 Å². The van der Waals surface area contributed by atoms with Gasteiger partial charge in [0.1, 0.15) is 23.3 Å². The minimum atomic E-state index is -0.862. The first kappa shape index (κ1) is 17.1. The molecule has 25 heavy (non-hydrogen) atoms. The van der Waals surface area contributed by atoms with E-state index in [1.54, 1.807) is 11.1 Å². The number of likely N-dealkylation sites (tertiary alicyclic amines) is 1. The van der Waals surface area contributed by atoms with Crippen LogP contribution in [-0.2, 0) is 0 Å². The van der Waals surface area contributed by atoms with Crippen LogP contribution in [0.25, 0.3) is 0 Å². The maximum Gasteiger partial charge on any atom is 0.259 e. The van der Waals surface area contributed by atoms with Crippen LogP contribution < -0.4 is 9.64 Å². The van der Waals surface area contributed by atoms with Gasteiger partial charge in [0, 0.05) is 27.1 Å². The minimum absolute atomic E-state index is 0.237. The standard InChI is InChI=1S/C17H18F2N4O2/c1-22(2)14-8-20-9-15(21-14)25-11-6-7-23(10-11)17(24)16-12(18)4-3-5-13(16)19/h3-5,8-9,11H,6-7,10H2,1-2H3. The minimum Gasteiger partial charge on any atom is -0.471 e. The lowest BCUT2D eigenvalue weighted by Crippen LogP contribution is -2.32. The van der Waals surface area contributed by atoms with Crippen molar-refractivity contribution in [2.45, 2.75) is 12.5 Å². The summed E-state index contributed by atoms with van der Waals surface area (Å²) in [5.41, 5.74) is -0.530. The number of halogens is 2. The summed E-state index contributed by atoms with van der Waals surface area (Å²) in [6.45, 7) is 0.596. The second-order valence-electron chi connectivity index (χ2n) is 5.99. The van der Waals surface area contributed by atoms with Crippen LogP contribution in [0.2, 0.25) is 0 Å². The average Bonchev–Trinajstić information content (AvgIpc) is 3.03. The maximum atomic E-state index is 13.8. The van der Waals surface area contributed by atoms with Gasteiger partial charge in [-0.05, 0) is 12.1 Å². The molecule has 1 fully saturated rings. The quantitative estimate of drug-likeness (QED) is 0.847. The monoisotopic (exact) mass is 348 g/mol. The van der Waals surface area contributed by atoms with E-state index in [9.17, 15) is 13.6 Å². The van der Waals surface area contributed by atoms with Crippen LogP contribution in [0.4, 0.5) is 14.6 Å². The lowest BCUT2D eigenvalue weighted by molar-refractivity contribution is 0.0761. The highest BCUT2D eigenvalue weighted by molar-refractivity contribution is 5.95. The first-order valence-electron chi connectivity index (χ1n) is 7.85. The molecule has 1 aliphatic rings. The molecule has 0 bridgehead atoms. The normalized spacial score (nSPS) is 16.8. The van der Waals surface area contributed by atoms with Crippen LogP contribution in [0, 0.1) is 11.6 Å². The van der Waals surface area contributed by atoms with Gasteiger partial charge in [0.05, 0.1) is 18.9 Å². The molecule has 1 aromatic carbocycles. The van der Waals surface area contributed by atoms with Crippen LogP contribution in [-0.4, -0.2) is 54.1 Å². The molecule has 1 atom stereocenters. The van der Waals surface area contributed by atoms with Crippen molar-refractivity contribution in [3.05, 3.63) is 47.8 Å². The number of rotatable bonds is 4. The van der Waals surface area contributed by atoms with Crippen LogP contribution in [0.3, 0.4) is 0 Å². The van der Waals surface area contributed by atoms with E-state index >= 15 is 0 Å². The van der Waals surface area contributed by atoms with Gasteiger partial charge >= 0.3 is 0 Å². The second kappa shape index (κ2) is 7.00. The number of benzene rings is 1. The van der Waals surface area contributed by atoms with Crippen molar-refractivity contribution >= 4 is 11.7 Å². The summed E-state index contributed by atoms with van der Waals surface area (Å²) < 4.78 is 33.3. The largest absolute Gasteiger partial charge is 0.471 e. The average molecular weight is 348 g/mol. The Morgan fingerprint density at radius 3 is 2.68 bits per heavy atom. The van der Waals surface area contributed by atoms with Gasteiger partial charge in [0.2, 0.25) is 5.88 Å². The fourth-order valence-corrected chi connectivity index (χ4v) is 2.65. The Hall–Kier alpha value is -2.77. The fraction of sp³-hybridized carbons (Fsp3) is 0.353. The smallest absolute Gasteiger partial charge is 0.259 e. The molecule has 2 heterocycles. The molecule has 3 rings (SSSR count). The van der Waals surface area contributed by atoms with Gasteiger partial charge in [-0.15, -0.1) is 0 Å². The topological polar surface area (TPSA) is 58.6 Å². The Bertz CT molecular complexity index is 765. The summed E-state index contributed by atoms with van der Waals surface area (Å²) >= 11 is 0. The van der Waals surface area contributed by atoms with Crippen molar-refractivity contribution in [2.75, 3.05) is 32.1 Å². The summed E-state index contributed by atoms with van der Waals surface area (Å²) in [5.74, 6) is -1.40. The molecular weight excluding hydrogens is 330 g/mol. The fourth-order valence-electron chi connectivity index (χ4n) is 2.65. The molecule has 0 spiro atoms. The number of carbonyl (C=O) groups excluding carboxylic acids is 1. The molecule has 132 valence electrons. The molecule has 1 unspecified atom stereocenters. The Kier molecular flexibility index (Phi) is 4.78. The zero-order valence-electron chi connectivity index (χ0n) is 13.9. The van der Waals surface area contributed by atoms with Crippen LogP contribution >= 0.6 is 0 Å². The number of hydrogen-bond acceptors (Lipinski definition) is 5. The van der Waals surface area contributed by atoms with Crippen LogP contribution in [0.15, 0.2) is 30.6 Å².